The van der Waals surface area contributed by atoms with Crippen LogP contribution in [-0.4, -0.2) is 65.4 Å². The average Bonchev–Trinajstić information content (AvgIpc) is 3.02. The van der Waals surface area contributed by atoms with Crippen LogP contribution in [0.25, 0.3) is 10.8 Å². The van der Waals surface area contributed by atoms with Gasteiger partial charge in [0.25, 0.3) is 5.91 Å². The lowest BCUT2D eigenvalue weighted by Gasteiger charge is -2.35. The van der Waals surface area contributed by atoms with E-state index in [0.29, 0.717) is 18.0 Å². The molecule has 3 heterocycles. The summed E-state index contributed by atoms with van der Waals surface area (Å²) in [5, 5.41) is 4.94. The van der Waals surface area contributed by atoms with Gasteiger partial charge in [0.1, 0.15) is 6.04 Å². The summed E-state index contributed by atoms with van der Waals surface area (Å²) in [4.78, 5) is 34.1. The molecule has 2 aromatic rings. The molecule has 1 aromatic heterocycles. The number of aryl methyl sites for hydroxylation is 1. The largest absolute Gasteiger partial charge is 0.340 e. The first-order valence-electron chi connectivity index (χ1n) is 9.67. The number of nitrogens with one attached hydrogen (secondary N) is 1. The fourth-order valence-corrected chi connectivity index (χ4v) is 4.14. The van der Waals surface area contributed by atoms with Gasteiger partial charge in [0, 0.05) is 35.4 Å². The number of carbonyl (C=O) groups excluding carboxylic acids is 2. The Labute approximate surface area is 159 Å². The first-order chi connectivity index (χ1) is 13.0. The molecule has 0 bridgehead atoms. The van der Waals surface area contributed by atoms with Crippen LogP contribution in [0.4, 0.5) is 0 Å². The lowest BCUT2D eigenvalue weighted by atomic mass is 10.0. The summed E-state index contributed by atoms with van der Waals surface area (Å²) in [6.07, 6.45) is 4.53. The molecular weight excluding hydrogens is 340 g/mol. The van der Waals surface area contributed by atoms with Crippen LogP contribution in [0.15, 0.2) is 30.5 Å². The molecule has 1 aromatic carbocycles. The number of likely N-dealkylation sites (tertiary alicyclic amines) is 2. The van der Waals surface area contributed by atoms with Crippen molar-refractivity contribution in [1.29, 1.82) is 0 Å². The summed E-state index contributed by atoms with van der Waals surface area (Å²) in [6, 6.07) is 7.43. The third-order valence-corrected chi connectivity index (χ3v) is 5.79. The Kier molecular flexibility index (Phi) is 4.83. The minimum Gasteiger partial charge on any atom is -0.340 e. The van der Waals surface area contributed by atoms with Crippen molar-refractivity contribution in [1.82, 2.24) is 20.1 Å². The number of fused-ring (bicyclic) bond motifs is 1. The van der Waals surface area contributed by atoms with Crippen LogP contribution in [0, 0.1) is 6.92 Å². The predicted molar refractivity (Wildman–Crippen MR) is 105 cm³/mol. The lowest BCUT2D eigenvalue weighted by Crippen LogP contribution is -2.48. The van der Waals surface area contributed by atoms with Gasteiger partial charge in [-0.05, 0) is 69.9 Å². The van der Waals surface area contributed by atoms with Crippen LogP contribution in [0.1, 0.15) is 35.3 Å². The summed E-state index contributed by atoms with van der Waals surface area (Å²) in [5.74, 6) is -0.117. The first-order valence-corrected chi connectivity index (χ1v) is 9.67. The molecule has 6 heteroatoms. The molecular formula is C21H26N4O2. The zero-order valence-corrected chi connectivity index (χ0v) is 15.9. The molecule has 6 nitrogen and oxygen atoms in total. The summed E-state index contributed by atoms with van der Waals surface area (Å²) < 4.78 is 0. The maximum atomic E-state index is 12.8. The Hall–Kier alpha value is -2.47. The number of carbonyl (C=O) groups is 2. The van der Waals surface area contributed by atoms with Crippen molar-refractivity contribution in [2.45, 2.75) is 38.3 Å². The summed E-state index contributed by atoms with van der Waals surface area (Å²) >= 11 is 0. The number of pyridine rings is 1. The van der Waals surface area contributed by atoms with Crippen molar-refractivity contribution in [3.05, 3.63) is 41.7 Å². The van der Waals surface area contributed by atoms with Crippen molar-refractivity contribution in [2.75, 3.05) is 26.7 Å². The van der Waals surface area contributed by atoms with E-state index < -0.39 is 6.04 Å². The molecule has 4 rings (SSSR count). The van der Waals surface area contributed by atoms with E-state index in [2.05, 4.69) is 22.2 Å². The second-order valence-corrected chi connectivity index (χ2v) is 7.77. The van der Waals surface area contributed by atoms with Crippen LogP contribution in [0.2, 0.25) is 0 Å². The molecule has 27 heavy (non-hydrogen) atoms. The van der Waals surface area contributed by atoms with E-state index in [4.69, 9.17) is 0 Å². The SMILES string of the molecule is Cc1cc2cc(C(=O)NC3CCN(C4CCN(C)CC4)C3=O)ccc2cn1. The Morgan fingerprint density at radius 2 is 1.89 bits per heavy atom. The summed E-state index contributed by atoms with van der Waals surface area (Å²) in [5.41, 5.74) is 1.50. The fraction of sp³-hybridized carbons (Fsp3) is 0.476. The number of hydrogen-bond acceptors (Lipinski definition) is 4. The monoisotopic (exact) mass is 366 g/mol. The van der Waals surface area contributed by atoms with Gasteiger partial charge in [-0.2, -0.15) is 0 Å². The van der Waals surface area contributed by atoms with Crippen molar-refractivity contribution < 1.29 is 9.59 Å². The second-order valence-electron chi connectivity index (χ2n) is 7.77. The molecule has 2 aliphatic heterocycles. The van der Waals surface area contributed by atoms with Gasteiger partial charge in [0.05, 0.1) is 0 Å². The van der Waals surface area contributed by atoms with Gasteiger partial charge in [-0.1, -0.05) is 6.07 Å². The van der Waals surface area contributed by atoms with E-state index in [0.717, 1.165) is 48.9 Å². The van der Waals surface area contributed by atoms with E-state index in [1.165, 1.54) is 0 Å². The summed E-state index contributed by atoms with van der Waals surface area (Å²) in [6.45, 7) is 4.72. The van der Waals surface area contributed by atoms with Crippen LogP contribution in [0.5, 0.6) is 0 Å². The van der Waals surface area contributed by atoms with Gasteiger partial charge in [-0.25, -0.2) is 0 Å². The lowest BCUT2D eigenvalue weighted by molar-refractivity contribution is -0.132. The van der Waals surface area contributed by atoms with Gasteiger partial charge >= 0.3 is 0 Å². The minimum atomic E-state index is -0.410. The normalized spacial score (nSPS) is 21.8. The van der Waals surface area contributed by atoms with Gasteiger partial charge in [-0.15, -0.1) is 0 Å². The van der Waals surface area contributed by atoms with Crippen LogP contribution in [0.3, 0.4) is 0 Å². The molecule has 2 aliphatic rings. The highest BCUT2D eigenvalue weighted by atomic mass is 16.2. The van der Waals surface area contributed by atoms with E-state index in [1.807, 2.05) is 36.2 Å². The molecule has 0 radical (unpaired) electrons. The standard InChI is InChI=1S/C21H26N4O2/c1-14-11-17-12-15(3-4-16(17)13-22-14)20(26)23-19-7-10-25(21(19)27)18-5-8-24(2)9-6-18/h3-4,11-13,18-19H,5-10H2,1-2H3,(H,23,26). The van der Waals surface area contributed by atoms with Crippen LogP contribution < -0.4 is 5.32 Å². The Morgan fingerprint density at radius 1 is 1.11 bits per heavy atom. The zero-order valence-electron chi connectivity index (χ0n) is 15.9. The van der Waals surface area contributed by atoms with Crippen LogP contribution in [-0.2, 0) is 4.79 Å². The molecule has 142 valence electrons. The Bertz CT molecular complexity index is 874. The van der Waals surface area contributed by atoms with Gasteiger partial charge in [0.2, 0.25) is 5.91 Å². The van der Waals surface area contributed by atoms with E-state index in [9.17, 15) is 9.59 Å². The Morgan fingerprint density at radius 3 is 2.67 bits per heavy atom. The van der Waals surface area contributed by atoms with Crippen molar-refractivity contribution in [3.63, 3.8) is 0 Å². The molecule has 0 saturated carbocycles. The molecule has 0 aliphatic carbocycles. The highest BCUT2D eigenvalue weighted by molar-refractivity contribution is 6.01. The smallest absolute Gasteiger partial charge is 0.251 e. The van der Waals surface area contributed by atoms with Crippen molar-refractivity contribution in [3.8, 4) is 0 Å². The molecule has 2 saturated heterocycles. The molecule has 2 fully saturated rings. The molecule has 1 N–H and O–H groups in total. The third kappa shape index (κ3) is 3.67. The average molecular weight is 366 g/mol. The molecule has 0 spiro atoms. The highest BCUT2D eigenvalue weighted by Crippen LogP contribution is 2.22. The number of rotatable bonds is 3. The fourth-order valence-electron chi connectivity index (χ4n) is 4.14. The predicted octanol–water partition coefficient (Wildman–Crippen LogP) is 1.97. The molecule has 1 unspecified atom stereocenters. The quantitative estimate of drug-likeness (QED) is 0.902. The maximum Gasteiger partial charge on any atom is 0.251 e. The van der Waals surface area contributed by atoms with Crippen molar-refractivity contribution in [2.24, 2.45) is 0 Å². The molecule has 1 atom stereocenters. The first kappa shape index (κ1) is 17.9. The van der Waals surface area contributed by atoms with E-state index in [-0.39, 0.29) is 11.8 Å². The Balaban J connectivity index is 1.43. The number of hydrogen-bond donors (Lipinski definition) is 1. The topological polar surface area (TPSA) is 65.5 Å². The highest BCUT2D eigenvalue weighted by Gasteiger charge is 2.37. The molecule has 2 amide bonds. The minimum absolute atomic E-state index is 0.0683. The number of benzene rings is 1. The van der Waals surface area contributed by atoms with E-state index in [1.54, 1.807) is 6.07 Å². The van der Waals surface area contributed by atoms with Crippen LogP contribution >= 0.6 is 0 Å². The van der Waals surface area contributed by atoms with Gasteiger partial charge < -0.3 is 15.1 Å². The third-order valence-electron chi connectivity index (χ3n) is 5.79. The number of piperidine rings is 1. The second kappa shape index (κ2) is 7.27. The number of aromatic nitrogens is 1. The number of amides is 2. The number of nitrogens with zero attached hydrogens (tertiary/aromatic N) is 3. The van der Waals surface area contributed by atoms with Gasteiger partial charge in [-0.3, -0.25) is 14.6 Å². The maximum absolute atomic E-state index is 12.8. The van der Waals surface area contributed by atoms with E-state index >= 15 is 0 Å². The summed E-state index contributed by atoms with van der Waals surface area (Å²) in [7, 11) is 2.12. The van der Waals surface area contributed by atoms with Crippen molar-refractivity contribution >= 4 is 22.6 Å². The van der Waals surface area contributed by atoms with Gasteiger partial charge in [0.15, 0.2) is 0 Å². The zero-order chi connectivity index (χ0) is 19.0.